The fourth-order valence-electron chi connectivity index (χ4n) is 1.21. The molecule has 1 heterocycles. The van der Waals surface area contributed by atoms with Crippen molar-refractivity contribution >= 4 is 0 Å². The van der Waals surface area contributed by atoms with Gasteiger partial charge in [0.2, 0.25) is 0 Å². The van der Waals surface area contributed by atoms with Crippen LogP contribution in [-0.4, -0.2) is 10.1 Å². The molecule has 0 atom stereocenters. The van der Waals surface area contributed by atoms with Crippen LogP contribution >= 0.6 is 0 Å². The molecule has 1 aromatic rings. The number of rotatable bonds is 3. The predicted molar refractivity (Wildman–Crippen MR) is 48.1 cm³/mol. The fraction of sp³-hybridized carbons (Fsp3) is 0.333. The molecule has 6 heteroatoms. The lowest BCUT2D eigenvalue weighted by Crippen LogP contribution is -2.05. The molecule has 0 spiro atoms. The van der Waals surface area contributed by atoms with Gasteiger partial charge in [-0.1, -0.05) is 0 Å². The van der Waals surface area contributed by atoms with E-state index in [1.807, 2.05) is 0 Å². The molecule has 1 aromatic heterocycles. The van der Waals surface area contributed by atoms with E-state index in [-0.39, 0.29) is 24.2 Å². The van der Waals surface area contributed by atoms with Crippen LogP contribution in [0.25, 0.3) is 0 Å². The Morgan fingerprint density at radius 3 is 2.73 bits per heavy atom. The molecule has 0 bridgehead atoms. The first-order valence-electron chi connectivity index (χ1n) is 4.16. The van der Waals surface area contributed by atoms with Crippen molar-refractivity contribution in [1.29, 1.82) is 5.26 Å². The van der Waals surface area contributed by atoms with Crippen LogP contribution < -0.4 is 5.73 Å². The molecule has 0 aliphatic carbocycles. The second-order valence-electron chi connectivity index (χ2n) is 2.83. The SMILES string of the molecule is N#CCc1cnc(CN)c(O)c1C(F)F. The molecule has 3 N–H and O–H groups in total. The van der Waals surface area contributed by atoms with Crippen LogP contribution in [-0.2, 0) is 13.0 Å². The van der Waals surface area contributed by atoms with Crippen LogP contribution in [0.3, 0.4) is 0 Å². The summed E-state index contributed by atoms with van der Waals surface area (Å²) in [6, 6.07) is 1.73. The normalized spacial score (nSPS) is 10.3. The smallest absolute Gasteiger partial charge is 0.267 e. The first-order valence-corrected chi connectivity index (χ1v) is 4.16. The van der Waals surface area contributed by atoms with Gasteiger partial charge in [-0.2, -0.15) is 5.26 Å². The summed E-state index contributed by atoms with van der Waals surface area (Å²) in [4.78, 5) is 3.70. The van der Waals surface area contributed by atoms with E-state index >= 15 is 0 Å². The van der Waals surface area contributed by atoms with Crippen molar-refractivity contribution < 1.29 is 13.9 Å². The van der Waals surface area contributed by atoms with Gasteiger partial charge in [0, 0.05) is 12.7 Å². The number of aromatic hydroxyl groups is 1. The van der Waals surface area contributed by atoms with E-state index in [1.54, 1.807) is 6.07 Å². The number of hydrogen-bond donors (Lipinski definition) is 2. The van der Waals surface area contributed by atoms with Gasteiger partial charge in [0.15, 0.2) is 0 Å². The van der Waals surface area contributed by atoms with Crippen LogP contribution in [0.1, 0.15) is 23.2 Å². The quantitative estimate of drug-likeness (QED) is 0.791. The number of nitriles is 1. The van der Waals surface area contributed by atoms with Gasteiger partial charge in [-0.3, -0.25) is 4.98 Å². The fourth-order valence-corrected chi connectivity index (χ4v) is 1.21. The maximum Gasteiger partial charge on any atom is 0.267 e. The zero-order valence-electron chi connectivity index (χ0n) is 7.74. The van der Waals surface area contributed by atoms with Gasteiger partial charge in [0.25, 0.3) is 6.43 Å². The summed E-state index contributed by atoms with van der Waals surface area (Å²) in [6.45, 7) is -0.127. The third kappa shape index (κ3) is 2.19. The Kier molecular flexibility index (Phi) is 3.52. The molecule has 0 radical (unpaired) electrons. The van der Waals surface area contributed by atoms with Crippen LogP contribution in [0, 0.1) is 11.3 Å². The summed E-state index contributed by atoms with van der Waals surface area (Å²) < 4.78 is 25.2. The molecule has 1 rings (SSSR count). The second-order valence-corrected chi connectivity index (χ2v) is 2.83. The Bertz CT molecular complexity index is 401. The maximum absolute atomic E-state index is 12.6. The minimum absolute atomic E-state index is 0.00647. The summed E-state index contributed by atoms with van der Waals surface area (Å²) in [6.07, 6.45) is -1.92. The highest BCUT2D eigenvalue weighted by molar-refractivity contribution is 5.43. The molecule has 0 aliphatic rings. The summed E-state index contributed by atoms with van der Waals surface area (Å²) >= 11 is 0. The number of pyridine rings is 1. The van der Waals surface area contributed by atoms with Gasteiger partial charge < -0.3 is 10.8 Å². The number of hydrogen-bond acceptors (Lipinski definition) is 4. The standard InChI is InChI=1S/C9H9F2N3O/c10-9(11)7-5(1-2-12)4-14-6(3-13)8(7)15/h4,9,15H,1,3,13H2. The van der Waals surface area contributed by atoms with E-state index in [0.717, 1.165) is 6.20 Å². The van der Waals surface area contributed by atoms with Gasteiger partial charge in [-0.05, 0) is 5.56 Å². The number of halogens is 2. The van der Waals surface area contributed by atoms with E-state index in [4.69, 9.17) is 11.0 Å². The van der Waals surface area contributed by atoms with Crippen molar-refractivity contribution in [2.45, 2.75) is 19.4 Å². The highest BCUT2D eigenvalue weighted by atomic mass is 19.3. The average molecular weight is 213 g/mol. The topological polar surface area (TPSA) is 82.9 Å². The lowest BCUT2D eigenvalue weighted by Gasteiger charge is -2.10. The summed E-state index contributed by atoms with van der Waals surface area (Å²) in [5.74, 6) is -0.611. The second kappa shape index (κ2) is 4.66. The first-order chi connectivity index (χ1) is 7.11. The molecule has 0 aliphatic heterocycles. The van der Waals surface area contributed by atoms with Gasteiger partial charge in [0.1, 0.15) is 5.75 Å². The average Bonchev–Trinajstić information content (AvgIpc) is 2.18. The zero-order valence-corrected chi connectivity index (χ0v) is 7.74. The van der Waals surface area contributed by atoms with Gasteiger partial charge in [0.05, 0.1) is 23.7 Å². The number of aromatic nitrogens is 1. The molecule has 0 aromatic carbocycles. The van der Waals surface area contributed by atoms with Crippen molar-refractivity contribution in [3.63, 3.8) is 0 Å². The minimum Gasteiger partial charge on any atom is -0.505 e. The van der Waals surface area contributed by atoms with Crippen LogP contribution in [0.2, 0.25) is 0 Å². The molecule has 4 nitrogen and oxygen atoms in total. The van der Waals surface area contributed by atoms with Gasteiger partial charge >= 0.3 is 0 Å². The van der Waals surface area contributed by atoms with Crippen LogP contribution in [0.15, 0.2) is 6.20 Å². The molecular weight excluding hydrogens is 204 g/mol. The van der Waals surface area contributed by atoms with E-state index < -0.39 is 17.7 Å². The summed E-state index contributed by atoms with van der Waals surface area (Å²) in [7, 11) is 0. The monoisotopic (exact) mass is 213 g/mol. The van der Waals surface area contributed by atoms with Crippen molar-refractivity contribution in [2.75, 3.05) is 0 Å². The van der Waals surface area contributed by atoms with Crippen molar-refractivity contribution in [3.8, 4) is 11.8 Å². The number of nitrogens with zero attached hydrogens (tertiary/aromatic N) is 2. The summed E-state index contributed by atoms with van der Waals surface area (Å²) in [5, 5.41) is 17.8. The maximum atomic E-state index is 12.6. The highest BCUT2D eigenvalue weighted by Crippen LogP contribution is 2.33. The summed E-state index contributed by atoms with van der Waals surface area (Å²) in [5.41, 5.74) is 4.70. The lowest BCUT2D eigenvalue weighted by atomic mass is 10.1. The van der Waals surface area contributed by atoms with E-state index in [1.165, 1.54) is 0 Å². The third-order valence-corrected chi connectivity index (χ3v) is 1.93. The lowest BCUT2D eigenvalue weighted by molar-refractivity contribution is 0.146. The Labute approximate surface area is 85.0 Å². The van der Waals surface area contributed by atoms with Crippen molar-refractivity contribution in [3.05, 3.63) is 23.0 Å². The van der Waals surface area contributed by atoms with Gasteiger partial charge in [-0.25, -0.2) is 8.78 Å². The highest BCUT2D eigenvalue weighted by Gasteiger charge is 2.20. The molecule has 15 heavy (non-hydrogen) atoms. The van der Waals surface area contributed by atoms with Crippen molar-refractivity contribution in [2.24, 2.45) is 5.73 Å². The van der Waals surface area contributed by atoms with Crippen LogP contribution in [0.4, 0.5) is 8.78 Å². The Morgan fingerprint density at radius 2 is 2.27 bits per heavy atom. The van der Waals surface area contributed by atoms with Crippen molar-refractivity contribution in [1.82, 2.24) is 4.98 Å². The Hall–Kier alpha value is -1.74. The molecule has 0 amide bonds. The molecule has 0 saturated heterocycles. The Balaban J connectivity index is 3.32. The number of alkyl halides is 2. The molecule has 0 unspecified atom stereocenters. The molecule has 0 fully saturated rings. The van der Waals surface area contributed by atoms with E-state index in [2.05, 4.69) is 4.98 Å². The first kappa shape index (κ1) is 11.3. The Morgan fingerprint density at radius 1 is 1.60 bits per heavy atom. The number of nitrogens with two attached hydrogens (primary N) is 1. The zero-order chi connectivity index (χ0) is 11.4. The van der Waals surface area contributed by atoms with Crippen LogP contribution in [0.5, 0.6) is 5.75 Å². The molecule has 80 valence electrons. The molecular formula is C9H9F2N3O. The van der Waals surface area contributed by atoms with E-state index in [9.17, 15) is 13.9 Å². The largest absolute Gasteiger partial charge is 0.505 e. The third-order valence-electron chi connectivity index (χ3n) is 1.93. The van der Waals surface area contributed by atoms with E-state index in [0.29, 0.717) is 0 Å². The predicted octanol–water partition coefficient (Wildman–Crippen LogP) is 1.25. The minimum atomic E-state index is -2.85. The van der Waals surface area contributed by atoms with Gasteiger partial charge in [-0.15, -0.1) is 0 Å². The molecule has 0 saturated carbocycles.